The lowest BCUT2D eigenvalue weighted by Gasteiger charge is -2.25. The summed E-state index contributed by atoms with van der Waals surface area (Å²) >= 11 is 0. The average Bonchev–Trinajstić information content (AvgIpc) is 3.08. The molecule has 0 saturated heterocycles. The normalized spacial score (nSPS) is 17.7. The molecule has 0 unspecified atom stereocenters. The molecular formula is C14H21NO. The number of benzene rings is 1. The molecule has 0 atom stereocenters. The first kappa shape index (κ1) is 11.5. The van der Waals surface area contributed by atoms with E-state index in [1.807, 2.05) is 0 Å². The standard InChI is InChI=1S/C14H21NO/c1-3-15(4-2)11-14(9-10-14)12-5-7-13(16)8-6-12/h5-8,16H,3-4,9-11H2,1-2H3. The third-order valence-corrected chi connectivity index (χ3v) is 3.75. The van der Waals surface area contributed by atoms with E-state index in [2.05, 4.69) is 30.9 Å². The molecule has 2 nitrogen and oxygen atoms in total. The van der Waals surface area contributed by atoms with Crippen LogP contribution < -0.4 is 0 Å². The van der Waals surface area contributed by atoms with Crippen LogP contribution in [0.25, 0.3) is 0 Å². The molecule has 1 aliphatic carbocycles. The number of nitrogens with zero attached hydrogens (tertiary/aromatic N) is 1. The van der Waals surface area contributed by atoms with Gasteiger partial charge in [0.1, 0.15) is 5.75 Å². The van der Waals surface area contributed by atoms with Crippen LogP contribution in [0.3, 0.4) is 0 Å². The first-order valence-corrected chi connectivity index (χ1v) is 6.22. The summed E-state index contributed by atoms with van der Waals surface area (Å²) in [5, 5.41) is 9.31. The molecule has 0 aliphatic heterocycles. The van der Waals surface area contributed by atoms with Crippen LogP contribution in [0.2, 0.25) is 0 Å². The van der Waals surface area contributed by atoms with E-state index in [0.717, 1.165) is 19.6 Å². The van der Waals surface area contributed by atoms with E-state index in [4.69, 9.17) is 0 Å². The van der Waals surface area contributed by atoms with Crippen molar-refractivity contribution in [3.05, 3.63) is 29.8 Å². The van der Waals surface area contributed by atoms with Crippen LogP contribution in [-0.2, 0) is 5.41 Å². The van der Waals surface area contributed by atoms with Crippen molar-refractivity contribution in [1.82, 2.24) is 4.90 Å². The highest BCUT2D eigenvalue weighted by Crippen LogP contribution is 2.48. The van der Waals surface area contributed by atoms with Gasteiger partial charge in [0, 0.05) is 12.0 Å². The quantitative estimate of drug-likeness (QED) is 0.823. The molecule has 2 rings (SSSR count). The van der Waals surface area contributed by atoms with Crippen LogP contribution in [0.15, 0.2) is 24.3 Å². The van der Waals surface area contributed by atoms with Gasteiger partial charge in [-0.2, -0.15) is 0 Å². The molecule has 0 radical (unpaired) electrons. The van der Waals surface area contributed by atoms with Gasteiger partial charge in [0.05, 0.1) is 0 Å². The highest BCUT2D eigenvalue weighted by molar-refractivity contribution is 5.35. The lowest BCUT2D eigenvalue weighted by atomic mass is 9.95. The van der Waals surface area contributed by atoms with Crippen molar-refractivity contribution in [2.75, 3.05) is 19.6 Å². The lowest BCUT2D eigenvalue weighted by molar-refractivity contribution is 0.275. The highest BCUT2D eigenvalue weighted by atomic mass is 16.3. The number of phenols is 1. The molecule has 1 N–H and O–H groups in total. The largest absolute Gasteiger partial charge is 0.508 e. The van der Waals surface area contributed by atoms with Crippen LogP contribution in [0.5, 0.6) is 5.75 Å². The Morgan fingerprint density at radius 1 is 1.12 bits per heavy atom. The Labute approximate surface area is 97.9 Å². The number of hydrogen-bond donors (Lipinski definition) is 1. The Hall–Kier alpha value is -1.02. The Kier molecular flexibility index (Phi) is 3.20. The summed E-state index contributed by atoms with van der Waals surface area (Å²) in [6, 6.07) is 7.76. The van der Waals surface area contributed by atoms with Crippen LogP contribution in [-0.4, -0.2) is 29.6 Å². The maximum atomic E-state index is 9.31. The Bertz CT molecular complexity index is 336. The summed E-state index contributed by atoms with van der Waals surface area (Å²) in [6.07, 6.45) is 2.57. The minimum atomic E-state index is 0.363. The zero-order valence-electron chi connectivity index (χ0n) is 10.2. The van der Waals surface area contributed by atoms with Crippen LogP contribution in [0, 0.1) is 0 Å². The van der Waals surface area contributed by atoms with Gasteiger partial charge in [-0.05, 0) is 43.6 Å². The Morgan fingerprint density at radius 3 is 2.12 bits per heavy atom. The van der Waals surface area contributed by atoms with Gasteiger partial charge in [-0.1, -0.05) is 26.0 Å². The first-order valence-electron chi connectivity index (χ1n) is 6.22. The van der Waals surface area contributed by atoms with E-state index < -0.39 is 0 Å². The zero-order valence-corrected chi connectivity index (χ0v) is 10.2. The van der Waals surface area contributed by atoms with E-state index >= 15 is 0 Å². The second-order valence-corrected chi connectivity index (χ2v) is 4.79. The van der Waals surface area contributed by atoms with Crippen molar-refractivity contribution in [1.29, 1.82) is 0 Å². The maximum Gasteiger partial charge on any atom is 0.115 e. The van der Waals surface area contributed by atoms with Crippen LogP contribution in [0.1, 0.15) is 32.3 Å². The number of likely N-dealkylation sites (N-methyl/N-ethyl adjacent to an activating group) is 1. The zero-order chi connectivity index (χ0) is 11.6. The van der Waals surface area contributed by atoms with E-state index in [0.29, 0.717) is 11.2 Å². The number of aromatic hydroxyl groups is 1. The second kappa shape index (κ2) is 4.46. The molecule has 1 fully saturated rings. The maximum absolute atomic E-state index is 9.31. The van der Waals surface area contributed by atoms with Crippen molar-refractivity contribution in [2.24, 2.45) is 0 Å². The molecule has 88 valence electrons. The molecule has 1 aliphatic rings. The Morgan fingerprint density at radius 2 is 1.69 bits per heavy atom. The molecule has 1 saturated carbocycles. The molecule has 1 aromatic rings. The van der Waals surface area contributed by atoms with Gasteiger partial charge in [0.15, 0.2) is 0 Å². The summed E-state index contributed by atoms with van der Waals surface area (Å²) < 4.78 is 0. The minimum Gasteiger partial charge on any atom is -0.508 e. The molecule has 0 bridgehead atoms. The monoisotopic (exact) mass is 219 g/mol. The van der Waals surface area contributed by atoms with Gasteiger partial charge >= 0.3 is 0 Å². The molecule has 1 aromatic carbocycles. The van der Waals surface area contributed by atoms with Crippen molar-refractivity contribution >= 4 is 0 Å². The van der Waals surface area contributed by atoms with Crippen LogP contribution in [0.4, 0.5) is 0 Å². The molecule has 2 heteroatoms. The topological polar surface area (TPSA) is 23.5 Å². The predicted octanol–water partition coefficient (Wildman–Crippen LogP) is 2.77. The van der Waals surface area contributed by atoms with Gasteiger partial charge in [-0.15, -0.1) is 0 Å². The number of hydrogen-bond acceptors (Lipinski definition) is 2. The minimum absolute atomic E-state index is 0.363. The summed E-state index contributed by atoms with van der Waals surface area (Å²) in [6.45, 7) is 7.84. The molecule has 0 amide bonds. The van der Waals surface area contributed by atoms with Crippen molar-refractivity contribution in [3.63, 3.8) is 0 Å². The third-order valence-electron chi connectivity index (χ3n) is 3.75. The highest BCUT2D eigenvalue weighted by Gasteiger charge is 2.44. The van der Waals surface area contributed by atoms with Crippen LogP contribution >= 0.6 is 0 Å². The fourth-order valence-corrected chi connectivity index (χ4v) is 2.38. The number of rotatable bonds is 5. The van der Waals surface area contributed by atoms with Gasteiger partial charge in [0.25, 0.3) is 0 Å². The van der Waals surface area contributed by atoms with Gasteiger partial charge in [0.2, 0.25) is 0 Å². The average molecular weight is 219 g/mol. The van der Waals surface area contributed by atoms with E-state index in [1.54, 1.807) is 12.1 Å². The first-order chi connectivity index (χ1) is 7.70. The van der Waals surface area contributed by atoms with E-state index in [9.17, 15) is 5.11 Å². The molecular weight excluding hydrogens is 198 g/mol. The van der Waals surface area contributed by atoms with Gasteiger partial charge in [-0.25, -0.2) is 0 Å². The van der Waals surface area contributed by atoms with E-state index in [-0.39, 0.29) is 0 Å². The predicted molar refractivity (Wildman–Crippen MR) is 66.8 cm³/mol. The summed E-state index contributed by atoms with van der Waals surface area (Å²) in [7, 11) is 0. The third kappa shape index (κ3) is 2.22. The SMILES string of the molecule is CCN(CC)CC1(c2ccc(O)cc2)CC1. The van der Waals surface area contributed by atoms with E-state index in [1.165, 1.54) is 18.4 Å². The Balaban J connectivity index is 2.10. The van der Waals surface area contributed by atoms with Crippen molar-refractivity contribution in [3.8, 4) is 5.75 Å². The van der Waals surface area contributed by atoms with Crippen molar-refractivity contribution in [2.45, 2.75) is 32.1 Å². The fourth-order valence-electron chi connectivity index (χ4n) is 2.38. The summed E-state index contributed by atoms with van der Waals surface area (Å²) in [5.41, 5.74) is 1.76. The molecule has 0 aromatic heterocycles. The molecule has 0 heterocycles. The van der Waals surface area contributed by atoms with Gasteiger partial charge in [-0.3, -0.25) is 0 Å². The van der Waals surface area contributed by atoms with Gasteiger partial charge < -0.3 is 10.0 Å². The summed E-state index contributed by atoms with van der Waals surface area (Å²) in [5.74, 6) is 0.363. The number of phenolic OH excluding ortho intramolecular Hbond substituents is 1. The molecule has 16 heavy (non-hydrogen) atoms. The van der Waals surface area contributed by atoms with Crippen molar-refractivity contribution < 1.29 is 5.11 Å². The smallest absolute Gasteiger partial charge is 0.115 e. The summed E-state index contributed by atoms with van der Waals surface area (Å²) in [4.78, 5) is 2.49. The fraction of sp³-hybridized carbons (Fsp3) is 0.571. The lowest BCUT2D eigenvalue weighted by Crippen LogP contribution is -2.32. The second-order valence-electron chi connectivity index (χ2n) is 4.79. The molecule has 0 spiro atoms.